The zero-order valence-corrected chi connectivity index (χ0v) is 12.0. The van der Waals surface area contributed by atoms with E-state index < -0.39 is 8.24 Å². The second-order valence-electron chi connectivity index (χ2n) is 4.22. The first-order valence-electron chi connectivity index (χ1n) is 6.35. The van der Waals surface area contributed by atoms with E-state index in [1.165, 1.54) is 0 Å². The van der Waals surface area contributed by atoms with Gasteiger partial charge in [0, 0.05) is 17.9 Å². The Kier molecular flexibility index (Phi) is 4.07. The monoisotopic (exact) mass is 290 g/mol. The summed E-state index contributed by atoms with van der Waals surface area (Å²) in [6.07, 6.45) is 0. The van der Waals surface area contributed by atoms with Crippen LogP contribution in [0.15, 0.2) is 56.9 Å². The average Bonchev–Trinajstić information content (AvgIpc) is 2.64. The molecule has 20 heavy (non-hydrogen) atoms. The molecule has 0 fully saturated rings. The Hall–Kier alpha value is -1.74. The number of para-hydroxylation sites is 2. The van der Waals surface area contributed by atoms with Crippen molar-refractivity contribution >= 4 is 30.2 Å². The van der Waals surface area contributed by atoms with Crippen LogP contribution in [0.5, 0.6) is 0 Å². The van der Waals surface area contributed by atoms with Crippen LogP contribution < -0.4 is 4.52 Å². The third-order valence-electron chi connectivity index (χ3n) is 2.89. The average molecular weight is 290 g/mol. The Labute approximate surface area is 117 Å². The quantitative estimate of drug-likeness (QED) is 0.669. The van der Waals surface area contributed by atoms with Crippen molar-refractivity contribution in [3.8, 4) is 0 Å². The van der Waals surface area contributed by atoms with E-state index >= 15 is 0 Å². The molecular weight excluding hydrogens is 275 g/mol. The largest absolute Gasteiger partial charge is 0.399 e. The van der Waals surface area contributed by atoms with Gasteiger partial charge in [0.25, 0.3) is 0 Å². The van der Waals surface area contributed by atoms with E-state index in [-0.39, 0.29) is 0 Å². The molecule has 0 atom stereocenters. The summed E-state index contributed by atoms with van der Waals surface area (Å²) < 4.78 is 22.3. The van der Waals surface area contributed by atoms with E-state index in [9.17, 15) is 0 Å². The van der Waals surface area contributed by atoms with E-state index in [2.05, 4.69) is 0 Å². The maximum Gasteiger partial charge on any atom is 0.387 e. The maximum absolute atomic E-state index is 5.85. The standard InChI is InChI=1S/C15H15O4P/c1-16-10-11-17-20-18-14-8-4-2-6-12(14)13-7-3-5-9-15(13)19-20/h2-9H,10-11H2,1H3. The Balaban J connectivity index is 2.21. The topological polar surface area (TPSA) is 44.7 Å². The summed E-state index contributed by atoms with van der Waals surface area (Å²) in [5.74, 6) is 0. The second kappa shape index (κ2) is 6.14. The molecule has 0 spiro atoms. The molecule has 0 aliphatic rings. The molecule has 4 nitrogen and oxygen atoms in total. The van der Waals surface area contributed by atoms with E-state index in [0.717, 1.165) is 21.9 Å². The van der Waals surface area contributed by atoms with Gasteiger partial charge < -0.3 is 13.1 Å². The van der Waals surface area contributed by atoms with Gasteiger partial charge in [-0.3, -0.25) is 4.52 Å². The summed E-state index contributed by atoms with van der Waals surface area (Å²) in [6, 6.07) is 15.7. The number of hydrogen-bond donors (Lipinski definition) is 0. The maximum atomic E-state index is 5.85. The van der Waals surface area contributed by atoms with E-state index in [4.69, 9.17) is 17.7 Å². The van der Waals surface area contributed by atoms with Gasteiger partial charge in [0.1, 0.15) is 11.2 Å². The van der Waals surface area contributed by atoms with Gasteiger partial charge >= 0.3 is 8.24 Å². The van der Waals surface area contributed by atoms with Gasteiger partial charge in [-0.1, -0.05) is 36.4 Å². The van der Waals surface area contributed by atoms with Crippen molar-refractivity contribution in [3.05, 3.63) is 48.5 Å². The molecule has 0 aliphatic heterocycles. The minimum absolute atomic E-state index is 0.437. The van der Waals surface area contributed by atoms with E-state index in [1.807, 2.05) is 48.5 Å². The number of rotatable bonds is 4. The molecule has 0 unspecified atom stereocenters. The SMILES string of the molecule is COCCOp1oc2ccccc2c2ccccc2o1. The van der Waals surface area contributed by atoms with Crippen molar-refractivity contribution in [1.82, 2.24) is 0 Å². The molecule has 3 rings (SSSR count). The predicted octanol–water partition coefficient (Wildman–Crippen LogP) is 4.37. The van der Waals surface area contributed by atoms with Crippen molar-refractivity contribution in [2.75, 3.05) is 20.3 Å². The summed E-state index contributed by atoms with van der Waals surface area (Å²) in [6.45, 7) is 0.946. The predicted molar refractivity (Wildman–Crippen MR) is 79.6 cm³/mol. The van der Waals surface area contributed by atoms with Crippen LogP contribution in [-0.4, -0.2) is 20.3 Å². The zero-order chi connectivity index (χ0) is 13.8. The lowest BCUT2D eigenvalue weighted by molar-refractivity contribution is 0.162. The molecular formula is C15H15O4P. The normalized spacial score (nSPS) is 11.1. The Morgan fingerprint density at radius 3 is 1.95 bits per heavy atom. The first kappa shape index (κ1) is 13.3. The summed E-state index contributed by atoms with van der Waals surface area (Å²) in [5, 5.41) is 2.03. The number of hydrogen-bond acceptors (Lipinski definition) is 4. The molecule has 0 amide bonds. The van der Waals surface area contributed by atoms with Crippen molar-refractivity contribution in [2.24, 2.45) is 0 Å². The third-order valence-corrected chi connectivity index (χ3v) is 3.98. The molecule has 0 bridgehead atoms. The van der Waals surface area contributed by atoms with Crippen LogP contribution in [0.2, 0.25) is 0 Å². The first-order valence-corrected chi connectivity index (χ1v) is 7.44. The van der Waals surface area contributed by atoms with Gasteiger partial charge in [0.15, 0.2) is 0 Å². The Morgan fingerprint density at radius 2 is 1.40 bits per heavy atom. The number of benzene rings is 2. The van der Waals surface area contributed by atoms with Gasteiger partial charge in [-0.25, -0.2) is 0 Å². The number of methoxy groups -OCH3 is 1. The lowest BCUT2D eigenvalue weighted by Crippen LogP contribution is -2.01. The van der Waals surface area contributed by atoms with E-state index in [0.29, 0.717) is 13.2 Å². The molecule has 1 aromatic heterocycles. The van der Waals surface area contributed by atoms with Crippen molar-refractivity contribution in [1.29, 1.82) is 0 Å². The first-order chi connectivity index (χ1) is 9.88. The lowest BCUT2D eigenvalue weighted by Gasteiger charge is -1.98. The molecule has 1 heterocycles. The van der Waals surface area contributed by atoms with Crippen LogP contribution >= 0.6 is 8.24 Å². The third kappa shape index (κ3) is 2.73. The highest BCUT2D eigenvalue weighted by atomic mass is 31.1. The van der Waals surface area contributed by atoms with Gasteiger partial charge in [0.2, 0.25) is 0 Å². The molecule has 0 saturated carbocycles. The van der Waals surface area contributed by atoms with Crippen LogP contribution in [0, 0.1) is 0 Å². The molecule has 2 aromatic carbocycles. The molecule has 0 saturated heterocycles. The Bertz CT molecular complexity index is 693. The van der Waals surface area contributed by atoms with Crippen LogP contribution in [0.1, 0.15) is 0 Å². The summed E-state index contributed by atoms with van der Waals surface area (Å²) >= 11 is 0. The smallest absolute Gasteiger partial charge is 0.387 e. The van der Waals surface area contributed by atoms with Gasteiger partial charge in [-0.15, -0.1) is 0 Å². The van der Waals surface area contributed by atoms with Crippen molar-refractivity contribution in [3.63, 3.8) is 0 Å². The number of fused-ring (bicyclic) bond motifs is 3. The molecule has 5 heteroatoms. The Morgan fingerprint density at radius 1 is 0.850 bits per heavy atom. The summed E-state index contributed by atoms with van der Waals surface area (Å²) in [5.41, 5.74) is 1.56. The fourth-order valence-corrected chi connectivity index (χ4v) is 2.97. The summed E-state index contributed by atoms with van der Waals surface area (Å²) in [7, 11) is 0.172. The van der Waals surface area contributed by atoms with Crippen LogP contribution in [0.25, 0.3) is 21.9 Å². The van der Waals surface area contributed by atoms with E-state index in [1.54, 1.807) is 7.11 Å². The lowest BCUT2D eigenvalue weighted by atomic mass is 10.1. The number of ether oxygens (including phenoxy) is 1. The molecule has 0 N–H and O–H groups in total. The molecule has 104 valence electrons. The summed E-state index contributed by atoms with van der Waals surface area (Å²) in [4.78, 5) is 0. The molecule has 0 radical (unpaired) electrons. The van der Waals surface area contributed by atoms with Crippen LogP contribution in [0.3, 0.4) is 0 Å². The van der Waals surface area contributed by atoms with Crippen molar-refractivity contribution in [2.45, 2.75) is 0 Å². The highest BCUT2D eigenvalue weighted by Gasteiger charge is 2.05. The highest BCUT2D eigenvalue weighted by molar-refractivity contribution is 7.31. The molecule has 0 aliphatic carbocycles. The minimum atomic E-state index is -1.46. The highest BCUT2D eigenvalue weighted by Crippen LogP contribution is 2.33. The fourth-order valence-electron chi connectivity index (χ4n) is 1.96. The zero-order valence-electron chi connectivity index (χ0n) is 11.1. The minimum Gasteiger partial charge on any atom is -0.399 e. The van der Waals surface area contributed by atoms with Gasteiger partial charge in [-0.2, -0.15) is 0 Å². The van der Waals surface area contributed by atoms with Crippen molar-refractivity contribution < 1.29 is 17.7 Å². The second-order valence-corrected chi connectivity index (χ2v) is 5.30. The molecule has 3 aromatic rings. The fraction of sp³-hybridized carbons (Fsp3) is 0.200. The van der Waals surface area contributed by atoms with Gasteiger partial charge in [0.05, 0.1) is 13.2 Å². The van der Waals surface area contributed by atoms with Crippen LogP contribution in [-0.2, 0) is 4.74 Å². The van der Waals surface area contributed by atoms with Crippen LogP contribution in [0.4, 0.5) is 0 Å². The van der Waals surface area contributed by atoms with Gasteiger partial charge in [-0.05, 0) is 12.1 Å².